The molecule has 1 aliphatic carbocycles. The number of aryl methyl sites for hydroxylation is 4. The van der Waals surface area contributed by atoms with Gasteiger partial charge in [0.05, 0.1) is 5.92 Å². The lowest BCUT2D eigenvalue weighted by Crippen LogP contribution is -2.28. The highest BCUT2D eigenvalue weighted by Crippen LogP contribution is 2.31. The van der Waals surface area contributed by atoms with Gasteiger partial charge in [0, 0.05) is 24.3 Å². The Bertz CT molecular complexity index is 867. The van der Waals surface area contributed by atoms with E-state index in [0.717, 1.165) is 35.3 Å². The first kappa shape index (κ1) is 16.8. The molecular formula is C22H24N2O2. The highest BCUT2D eigenvalue weighted by Gasteiger charge is 2.35. The molecule has 2 aromatic rings. The van der Waals surface area contributed by atoms with E-state index in [1.165, 1.54) is 17.5 Å². The van der Waals surface area contributed by atoms with E-state index in [9.17, 15) is 9.59 Å². The van der Waals surface area contributed by atoms with Crippen molar-refractivity contribution in [1.82, 2.24) is 0 Å². The first-order valence-electron chi connectivity index (χ1n) is 9.32. The summed E-state index contributed by atoms with van der Waals surface area (Å²) in [7, 11) is 0. The number of nitrogens with zero attached hydrogens (tertiary/aromatic N) is 1. The molecule has 1 heterocycles. The van der Waals surface area contributed by atoms with Crippen LogP contribution in [0.5, 0.6) is 0 Å². The molecule has 26 heavy (non-hydrogen) atoms. The van der Waals surface area contributed by atoms with Crippen molar-refractivity contribution in [2.24, 2.45) is 5.92 Å². The van der Waals surface area contributed by atoms with Crippen molar-refractivity contribution >= 4 is 23.2 Å². The van der Waals surface area contributed by atoms with Gasteiger partial charge in [-0.25, -0.2) is 0 Å². The SMILES string of the molecule is Cc1cccc(C)c1NC(=O)C1CC(=O)N(c2ccc3c(c2)CCC3)C1. The molecule has 1 N–H and O–H groups in total. The zero-order chi connectivity index (χ0) is 18.3. The van der Waals surface area contributed by atoms with E-state index in [4.69, 9.17) is 0 Å². The Morgan fingerprint density at radius 3 is 2.58 bits per heavy atom. The molecule has 2 aliphatic rings. The molecule has 0 spiro atoms. The van der Waals surface area contributed by atoms with Crippen molar-refractivity contribution in [3.63, 3.8) is 0 Å². The Kier molecular flexibility index (Phi) is 4.27. The van der Waals surface area contributed by atoms with Gasteiger partial charge in [0.15, 0.2) is 0 Å². The maximum Gasteiger partial charge on any atom is 0.229 e. The number of carbonyl (C=O) groups excluding carboxylic acids is 2. The van der Waals surface area contributed by atoms with Crippen LogP contribution < -0.4 is 10.2 Å². The Morgan fingerprint density at radius 1 is 1.08 bits per heavy atom. The van der Waals surface area contributed by atoms with Crippen LogP contribution in [-0.4, -0.2) is 18.4 Å². The molecule has 0 saturated carbocycles. The van der Waals surface area contributed by atoms with Crippen LogP contribution in [-0.2, 0) is 22.4 Å². The van der Waals surface area contributed by atoms with Gasteiger partial charge in [-0.05, 0) is 67.5 Å². The lowest BCUT2D eigenvalue weighted by molar-refractivity contribution is -0.122. The van der Waals surface area contributed by atoms with Gasteiger partial charge < -0.3 is 10.2 Å². The minimum absolute atomic E-state index is 0.0320. The summed E-state index contributed by atoms with van der Waals surface area (Å²) in [6, 6.07) is 12.2. The molecule has 1 saturated heterocycles. The standard InChI is InChI=1S/C22H24N2O2/c1-14-5-3-6-15(2)21(14)23-22(26)18-12-20(25)24(13-18)19-10-9-16-7-4-8-17(16)11-19/h3,5-6,9-11,18H,4,7-8,12-13H2,1-2H3,(H,23,26). The molecule has 2 amide bonds. The summed E-state index contributed by atoms with van der Waals surface area (Å²) in [5.74, 6) is -0.348. The number of benzene rings is 2. The van der Waals surface area contributed by atoms with Gasteiger partial charge in [-0.2, -0.15) is 0 Å². The fourth-order valence-electron chi connectivity index (χ4n) is 4.10. The molecule has 0 aromatic heterocycles. The number of hydrogen-bond donors (Lipinski definition) is 1. The van der Waals surface area contributed by atoms with Gasteiger partial charge in [0.1, 0.15) is 0 Å². The number of para-hydroxylation sites is 1. The van der Waals surface area contributed by atoms with E-state index >= 15 is 0 Å². The van der Waals surface area contributed by atoms with Crippen molar-refractivity contribution < 1.29 is 9.59 Å². The second-order valence-electron chi connectivity index (χ2n) is 7.47. The highest BCUT2D eigenvalue weighted by atomic mass is 16.2. The van der Waals surface area contributed by atoms with Gasteiger partial charge in [-0.3, -0.25) is 9.59 Å². The molecule has 0 radical (unpaired) electrons. The van der Waals surface area contributed by atoms with E-state index in [-0.39, 0.29) is 24.2 Å². The Balaban J connectivity index is 1.50. The van der Waals surface area contributed by atoms with E-state index in [1.54, 1.807) is 4.90 Å². The fourth-order valence-corrected chi connectivity index (χ4v) is 4.10. The summed E-state index contributed by atoms with van der Waals surface area (Å²) in [5.41, 5.74) is 6.61. The van der Waals surface area contributed by atoms with Crippen LogP contribution in [0.15, 0.2) is 36.4 Å². The normalized spacial score (nSPS) is 18.9. The number of rotatable bonds is 3. The maximum atomic E-state index is 12.7. The first-order chi connectivity index (χ1) is 12.5. The lowest BCUT2D eigenvalue weighted by atomic mass is 10.1. The second kappa shape index (κ2) is 6.60. The van der Waals surface area contributed by atoms with E-state index in [1.807, 2.05) is 38.1 Å². The molecule has 4 nitrogen and oxygen atoms in total. The van der Waals surface area contributed by atoms with Crippen LogP contribution >= 0.6 is 0 Å². The van der Waals surface area contributed by atoms with Gasteiger partial charge in [0.2, 0.25) is 11.8 Å². The first-order valence-corrected chi connectivity index (χ1v) is 9.32. The van der Waals surface area contributed by atoms with Gasteiger partial charge in [-0.1, -0.05) is 24.3 Å². The predicted octanol–water partition coefficient (Wildman–Crippen LogP) is 3.78. The molecule has 0 bridgehead atoms. The molecule has 134 valence electrons. The molecule has 4 rings (SSSR count). The summed E-state index contributed by atoms with van der Waals surface area (Å²) in [4.78, 5) is 27.0. The third kappa shape index (κ3) is 3.00. The van der Waals surface area contributed by atoms with E-state index < -0.39 is 0 Å². The lowest BCUT2D eigenvalue weighted by Gasteiger charge is -2.18. The number of amides is 2. The summed E-state index contributed by atoms with van der Waals surface area (Å²) >= 11 is 0. The summed E-state index contributed by atoms with van der Waals surface area (Å²) in [6.45, 7) is 4.42. The number of anilines is 2. The van der Waals surface area contributed by atoms with Crippen LogP contribution in [0.1, 0.15) is 35.1 Å². The number of fused-ring (bicyclic) bond motifs is 1. The molecule has 2 aromatic carbocycles. The Labute approximate surface area is 154 Å². The Morgan fingerprint density at radius 2 is 1.81 bits per heavy atom. The van der Waals surface area contributed by atoms with Crippen LogP contribution in [0.4, 0.5) is 11.4 Å². The van der Waals surface area contributed by atoms with Crippen molar-refractivity contribution in [3.05, 3.63) is 58.7 Å². The van der Waals surface area contributed by atoms with Crippen molar-refractivity contribution in [2.75, 3.05) is 16.8 Å². The monoisotopic (exact) mass is 348 g/mol. The van der Waals surface area contributed by atoms with Crippen molar-refractivity contribution in [3.8, 4) is 0 Å². The van der Waals surface area contributed by atoms with Crippen molar-refractivity contribution in [2.45, 2.75) is 39.5 Å². The summed E-state index contributed by atoms with van der Waals surface area (Å²) < 4.78 is 0. The molecule has 1 unspecified atom stereocenters. The average Bonchev–Trinajstić information content (AvgIpc) is 3.23. The molecule has 4 heteroatoms. The number of hydrogen-bond acceptors (Lipinski definition) is 2. The minimum Gasteiger partial charge on any atom is -0.325 e. The molecular weight excluding hydrogens is 324 g/mol. The zero-order valence-electron chi connectivity index (χ0n) is 15.3. The largest absolute Gasteiger partial charge is 0.325 e. The summed E-state index contributed by atoms with van der Waals surface area (Å²) in [5, 5.41) is 3.04. The van der Waals surface area contributed by atoms with Gasteiger partial charge in [-0.15, -0.1) is 0 Å². The zero-order valence-corrected chi connectivity index (χ0v) is 15.3. The van der Waals surface area contributed by atoms with Crippen LogP contribution in [0.2, 0.25) is 0 Å². The molecule has 1 aliphatic heterocycles. The quantitative estimate of drug-likeness (QED) is 0.917. The van der Waals surface area contributed by atoms with Gasteiger partial charge >= 0.3 is 0 Å². The number of nitrogens with one attached hydrogen (secondary N) is 1. The summed E-state index contributed by atoms with van der Waals surface area (Å²) in [6.07, 6.45) is 3.67. The molecule has 1 atom stereocenters. The third-order valence-electron chi connectivity index (χ3n) is 5.62. The second-order valence-corrected chi connectivity index (χ2v) is 7.47. The van der Waals surface area contributed by atoms with E-state index in [2.05, 4.69) is 17.4 Å². The topological polar surface area (TPSA) is 49.4 Å². The van der Waals surface area contributed by atoms with Gasteiger partial charge in [0.25, 0.3) is 0 Å². The van der Waals surface area contributed by atoms with Crippen LogP contribution in [0, 0.1) is 19.8 Å². The predicted molar refractivity (Wildman–Crippen MR) is 103 cm³/mol. The van der Waals surface area contributed by atoms with Crippen molar-refractivity contribution in [1.29, 1.82) is 0 Å². The number of carbonyl (C=O) groups is 2. The fraction of sp³-hybridized carbons (Fsp3) is 0.364. The average molecular weight is 348 g/mol. The minimum atomic E-state index is -0.310. The van der Waals surface area contributed by atoms with Crippen LogP contribution in [0.3, 0.4) is 0 Å². The van der Waals surface area contributed by atoms with Crippen LogP contribution in [0.25, 0.3) is 0 Å². The smallest absolute Gasteiger partial charge is 0.229 e. The Hall–Kier alpha value is -2.62. The molecule has 1 fully saturated rings. The maximum absolute atomic E-state index is 12.7. The van der Waals surface area contributed by atoms with E-state index in [0.29, 0.717) is 6.54 Å². The third-order valence-corrected chi connectivity index (χ3v) is 5.62. The highest BCUT2D eigenvalue weighted by molar-refractivity contribution is 6.04.